The first-order valence-electron chi connectivity index (χ1n) is 7.31. The Bertz CT molecular complexity index is 589. The number of aromatic nitrogens is 2. The van der Waals surface area contributed by atoms with E-state index in [2.05, 4.69) is 11.5 Å². The molecule has 1 aromatic heterocycles. The summed E-state index contributed by atoms with van der Waals surface area (Å²) < 4.78 is 12.9. The SMILES string of the molecule is CCCC(COC)n1c(C(C)Cl)nc2cc(OC)ccc21. The topological polar surface area (TPSA) is 36.3 Å². The van der Waals surface area contributed by atoms with Gasteiger partial charge in [0.15, 0.2) is 0 Å². The second kappa shape index (κ2) is 7.14. The van der Waals surface area contributed by atoms with Gasteiger partial charge in [0.1, 0.15) is 11.6 Å². The third kappa shape index (κ3) is 3.33. The van der Waals surface area contributed by atoms with Crippen molar-refractivity contribution in [2.75, 3.05) is 20.8 Å². The molecule has 0 aliphatic rings. The molecule has 0 N–H and O–H groups in total. The fourth-order valence-corrected chi connectivity index (χ4v) is 2.86. The van der Waals surface area contributed by atoms with Crippen molar-refractivity contribution in [3.63, 3.8) is 0 Å². The molecule has 1 heterocycles. The van der Waals surface area contributed by atoms with E-state index in [1.54, 1.807) is 14.2 Å². The number of methoxy groups -OCH3 is 2. The smallest absolute Gasteiger partial charge is 0.128 e. The van der Waals surface area contributed by atoms with Crippen molar-refractivity contribution >= 4 is 22.6 Å². The number of benzene rings is 1. The predicted molar refractivity (Wildman–Crippen MR) is 86.4 cm³/mol. The number of imidazole rings is 1. The van der Waals surface area contributed by atoms with E-state index in [-0.39, 0.29) is 11.4 Å². The van der Waals surface area contributed by atoms with Gasteiger partial charge in [-0.25, -0.2) is 4.98 Å². The highest BCUT2D eigenvalue weighted by atomic mass is 35.5. The van der Waals surface area contributed by atoms with E-state index >= 15 is 0 Å². The molecule has 2 atom stereocenters. The predicted octanol–water partition coefficient (Wildman–Crippen LogP) is 4.33. The summed E-state index contributed by atoms with van der Waals surface area (Å²) in [6, 6.07) is 6.20. The Labute approximate surface area is 131 Å². The average molecular weight is 311 g/mol. The molecular formula is C16H23ClN2O2. The van der Waals surface area contributed by atoms with Crippen molar-refractivity contribution in [3.8, 4) is 5.75 Å². The summed E-state index contributed by atoms with van der Waals surface area (Å²) in [7, 11) is 3.39. The Kier molecular flexibility index (Phi) is 5.48. The zero-order chi connectivity index (χ0) is 15.4. The van der Waals surface area contributed by atoms with Crippen LogP contribution < -0.4 is 4.74 Å². The van der Waals surface area contributed by atoms with Crippen LogP contribution in [0.25, 0.3) is 11.0 Å². The van der Waals surface area contributed by atoms with E-state index in [0.29, 0.717) is 6.61 Å². The molecule has 5 heteroatoms. The minimum atomic E-state index is -0.153. The molecule has 0 aliphatic heterocycles. The van der Waals surface area contributed by atoms with Crippen molar-refractivity contribution in [2.45, 2.75) is 38.1 Å². The van der Waals surface area contributed by atoms with Gasteiger partial charge < -0.3 is 14.0 Å². The number of rotatable bonds is 7. The van der Waals surface area contributed by atoms with Crippen LogP contribution in [0, 0.1) is 0 Å². The molecule has 1 aromatic carbocycles. The Balaban J connectivity index is 2.59. The van der Waals surface area contributed by atoms with E-state index in [0.717, 1.165) is 35.4 Å². The first-order valence-corrected chi connectivity index (χ1v) is 7.74. The highest BCUT2D eigenvalue weighted by molar-refractivity contribution is 6.20. The van der Waals surface area contributed by atoms with Crippen LogP contribution in [0.3, 0.4) is 0 Å². The highest BCUT2D eigenvalue weighted by Gasteiger charge is 2.21. The van der Waals surface area contributed by atoms with Crippen LogP contribution >= 0.6 is 11.6 Å². The molecular weight excluding hydrogens is 288 g/mol. The van der Waals surface area contributed by atoms with Gasteiger partial charge in [-0.1, -0.05) is 13.3 Å². The lowest BCUT2D eigenvalue weighted by atomic mass is 10.1. The van der Waals surface area contributed by atoms with Gasteiger partial charge in [-0.2, -0.15) is 0 Å². The van der Waals surface area contributed by atoms with Gasteiger partial charge in [0.2, 0.25) is 0 Å². The maximum Gasteiger partial charge on any atom is 0.128 e. The Hall–Kier alpha value is -1.26. The van der Waals surface area contributed by atoms with Crippen LogP contribution in [0.4, 0.5) is 0 Å². The van der Waals surface area contributed by atoms with Crippen LogP contribution in [0.1, 0.15) is 43.9 Å². The van der Waals surface area contributed by atoms with E-state index < -0.39 is 0 Å². The third-order valence-electron chi connectivity index (χ3n) is 3.63. The van der Waals surface area contributed by atoms with Crippen LogP contribution in [0.15, 0.2) is 18.2 Å². The summed E-state index contributed by atoms with van der Waals surface area (Å²) in [6.07, 6.45) is 2.11. The molecule has 0 saturated heterocycles. The van der Waals surface area contributed by atoms with Gasteiger partial charge in [0.05, 0.1) is 36.2 Å². The third-order valence-corrected chi connectivity index (χ3v) is 3.82. The highest BCUT2D eigenvalue weighted by Crippen LogP contribution is 2.31. The van der Waals surface area contributed by atoms with E-state index in [1.807, 2.05) is 25.1 Å². The number of ether oxygens (including phenoxy) is 2. The lowest BCUT2D eigenvalue weighted by molar-refractivity contribution is 0.150. The van der Waals surface area contributed by atoms with E-state index in [1.165, 1.54) is 0 Å². The summed E-state index contributed by atoms with van der Waals surface area (Å²) >= 11 is 6.34. The monoisotopic (exact) mass is 310 g/mol. The number of halogens is 1. The molecule has 0 aliphatic carbocycles. The molecule has 0 saturated carbocycles. The fraction of sp³-hybridized carbons (Fsp3) is 0.562. The summed E-state index contributed by atoms with van der Waals surface area (Å²) in [6.45, 7) is 4.78. The summed E-state index contributed by atoms with van der Waals surface area (Å²) in [4.78, 5) is 4.70. The molecule has 116 valence electrons. The molecule has 4 nitrogen and oxygen atoms in total. The molecule has 0 amide bonds. The number of nitrogens with zero attached hydrogens (tertiary/aromatic N) is 2. The van der Waals surface area contributed by atoms with Gasteiger partial charge in [0.25, 0.3) is 0 Å². The van der Waals surface area contributed by atoms with E-state index in [9.17, 15) is 0 Å². The maximum absolute atomic E-state index is 6.34. The normalized spacial score (nSPS) is 14.3. The quantitative estimate of drug-likeness (QED) is 0.714. The van der Waals surface area contributed by atoms with Gasteiger partial charge in [-0.05, 0) is 25.5 Å². The van der Waals surface area contributed by atoms with E-state index in [4.69, 9.17) is 26.1 Å². The standard InChI is InChI=1S/C16H23ClN2O2/c1-5-6-12(10-20-3)19-15-8-7-13(21-4)9-14(15)18-16(19)11(2)17/h7-9,11-12H,5-6,10H2,1-4H3. The molecule has 2 unspecified atom stereocenters. The zero-order valence-corrected chi connectivity index (χ0v) is 13.9. The van der Waals surface area contributed by atoms with Crippen molar-refractivity contribution in [2.24, 2.45) is 0 Å². The Morgan fingerprint density at radius 3 is 2.67 bits per heavy atom. The fourth-order valence-electron chi connectivity index (χ4n) is 2.70. The molecule has 2 rings (SSSR count). The molecule has 0 bridgehead atoms. The van der Waals surface area contributed by atoms with Crippen LogP contribution in [0.2, 0.25) is 0 Å². The Morgan fingerprint density at radius 1 is 1.33 bits per heavy atom. The van der Waals surface area contributed by atoms with Crippen molar-refractivity contribution in [1.82, 2.24) is 9.55 Å². The van der Waals surface area contributed by atoms with Crippen LogP contribution in [0.5, 0.6) is 5.75 Å². The second-order valence-corrected chi connectivity index (χ2v) is 5.86. The summed E-state index contributed by atoms with van der Waals surface area (Å²) in [5.74, 6) is 1.69. The molecule has 0 spiro atoms. The number of hydrogen-bond acceptors (Lipinski definition) is 3. The van der Waals surface area contributed by atoms with Gasteiger partial charge >= 0.3 is 0 Å². The lowest BCUT2D eigenvalue weighted by Gasteiger charge is -2.21. The van der Waals surface area contributed by atoms with Gasteiger partial charge in [-0.3, -0.25) is 0 Å². The summed E-state index contributed by atoms with van der Waals surface area (Å²) in [5, 5.41) is -0.153. The number of hydrogen-bond donors (Lipinski definition) is 0. The average Bonchev–Trinajstić information content (AvgIpc) is 2.85. The lowest BCUT2D eigenvalue weighted by Crippen LogP contribution is -2.17. The molecule has 2 aromatic rings. The molecule has 0 radical (unpaired) electrons. The largest absolute Gasteiger partial charge is 0.497 e. The Morgan fingerprint density at radius 2 is 2.10 bits per heavy atom. The van der Waals surface area contributed by atoms with Gasteiger partial charge in [-0.15, -0.1) is 11.6 Å². The minimum Gasteiger partial charge on any atom is -0.497 e. The van der Waals surface area contributed by atoms with Crippen LogP contribution in [-0.2, 0) is 4.74 Å². The number of alkyl halides is 1. The number of fused-ring (bicyclic) bond motifs is 1. The zero-order valence-electron chi connectivity index (χ0n) is 13.1. The minimum absolute atomic E-state index is 0.153. The first-order chi connectivity index (χ1) is 10.1. The maximum atomic E-state index is 6.34. The van der Waals surface area contributed by atoms with Crippen LogP contribution in [-0.4, -0.2) is 30.4 Å². The van der Waals surface area contributed by atoms with Crippen molar-refractivity contribution < 1.29 is 9.47 Å². The first kappa shape index (κ1) is 16.1. The van der Waals surface area contributed by atoms with Gasteiger partial charge in [0, 0.05) is 13.2 Å². The molecule has 21 heavy (non-hydrogen) atoms. The molecule has 0 fully saturated rings. The van der Waals surface area contributed by atoms with Crippen molar-refractivity contribution in [3.05, 3.63) is 24.0 Å². The summed E-state index contributed by atoms with van der Waals surface area (Å²) in [5.41, 5.74) is 1.99. The second-order valence-electron chi connectivity index (χ2n) is 5.21. The van der Waals surface area contributed by atoms with Crippen molar-refractivity contribution in [1.29, 1.82) is 0 Å².